The number of rotatable bonds is 4. The summed E-state index contributed by atoms with van der Waals surface area (Å²) in [6, 6.07) is 0.404. The Hall–Kier alpha value is -0.610. The summed E-state index contributed by atoms with van der Waals surface area (Å²) in [6.45, 7) is 8.72. The van der Waals surface area contributed by atoms with Gasteiger partial charge in [-0.2, -0.15) is 0 Å². The molecule has 2 heterocycles. The molecular formula is C16H31N3O. The number of amides is 1. The Balaban J connectivity index is 1.83. The fourth-order valence-corrected chi connectivity index (χ4v) is 3.54. The standard InChI is InChI=1S/C16H31N3O/c1-3-14-6-9-19(15(10-14)11-17)12-16(20)18-7-4-13(2)5-8-18/h13-15H,3-12,17H2,1-2H3. The number of nitrogens with two attached hydrogens (primary N) is 1. The van der Waals surface area contributed by atoms with Crippen LogP contribution < -0.4 is 5.73 Å². The fourth-order valence-electron chi connectivity index (χ4n) is 3.54. The zero-order valence-corrected chi connectivity index (χ0v) is 13.2. The van der Waals surface area contributed by atoms with Crippen LogP contribution in [0.1, 0.15) is 46.0 Å². The van der Waals surface area contributed by atoms with E-state index in [1.54, 1.807) is 0 Å². The van der Waals surface area contributed by atoms with Crippen molar-refractivity contribution in [3.8, 4) is 0 Å². The molecule has 0 saturated carbocycles. The minimum absolute atomic E-state index is 0.310. The highest BCUT2D eigenvalue weighted by Crippen LogP contribution is 2.25. The van der Waals surface area contributed by atoms with Crippen LogP contribution >= 0.6 is 0 Å². The molecule has 0 aliphatic carbocycles. The molecule has 2 aliphatic rings. The second kappa shape index (κ2) is 7.41. The average molecular weight is 281 g/mol. The van der Waals surface area contributed by atoms with E-state index >= 15 is 0 Å². The molecule has 0 bridgehead atoms. The highest BCUT2D eigenvalue weighted by atomic mass is 16.2. The first-order valence-electron chi connectivity index (χ1n) is 8.35. The topological polar surface area (TPSA) is 49.6 Å². The van der Waals surface area contributed by atoms with E-state index < -0.39 is 0 Å². The number of hydrogen-bond donors (Lipinski definition) is 1. The lowest BCUT2D eigenvalue weighted by Gasteiger charge is -2.40. The first-order valence-corrected chi connectivity index (χ1v) is 8.35. The third-order valence-electron chi connectivity index (χ3n) is 5.27. The maximum atomic E-state index is 12.4. The van der Waals surface area contributed by atoms with Crippen LogP contribution in [0.15, 0.2) is 0 Å². The predicted octanol–water partition coefficient (Wildman–Crippen LogP) is 1.69. The van der Waals surface area contributed by atoms with Crippen molar-refractivity contribution in [2.45, 2.75) is 52.0 Å². The zero-order chi connectivity index (χ0) is 14.5. The quantitative estimate of drug-likeness (QED) is 0.853. The van der Waals surface area contributed by atoms with Crippen LogP contribution in [0.3, 0.4) is 0 Å². The molecule has 2 unspecified atom stereocenters. The Morgan fingerprint density at radius 3 is 2.50 bits per heavy atom. The van der Waals surface area contributed by atoms with Crippen LogP contribution in [-0.4, -0.2) is 54.5 Å². The highest BCUT2D eigenvalue weighted by Gasteiger charge is 2.29. The SMILES string of the molecule is CCC1CCN(CC(=O)N2CCC(C)CC2)C(CN)C1. The van der Waals surface area contributed by atoms with Gasteiger partial charge in [0.15, 0.2) is 0 Å². The van der Waals surface area contributed by atoms with Crippen molar-refractivity contribution in [1.29, 1.82) is 0 Å². The first-order chi connectivity index (χ1) is 9.63. The molecule has 2 aliphatic heterocycles. The zero-order valence-electron chi connectivity index (χ0n) is 13.2. The number of carbonyl (C=O) groups is 1. The van der Waals surface area contributed by atoms with E-state index in [1.807, 2.05) is 0 Å². The molecule has 2 fully saturated rings. The number of hydrogen-bond acceptors (Lipinski definition) is 3. The number of piperidine rings is 2. The minimum atomic E-state index is 0.310. The second-order valence-electron chi connectivity index (χ2n) is 6.72. The van der Waals surface area contributed by atoms with Crippen molar-refractivity contribution in [2.24, 2.45) is 17.6 Å². The molecule has 2 rings (SSSR count). The molecule has 0 aromatic rings. The molecule has 0 radical (unpaired) electrons. The number of likely N-dealkylation sites (tertiary alicyclic amines) is 2. The molecular weight excluding hydrogens is 250 g/mol. The molecule has 0 spiro atoms. The van der Waals surface area contributed by atoms with Gasteiger partial charge in [0.1, 0.15) is 0 Å². The Morgan fingerprint density at radius 1 is 1.20 bits per heavy atom. The van der Waals surface area contributed by atoms with Crippen molar-refractivity contribution >= 4 is 5.91 Å². The predicted molar refractivity (Wildman–Crippen MR) is 82.4 cm³/mol. The van der Waals surface area contributed by atoms with E-state index in [2.05, 4.69) is 23.6 Å². The lowest BCUT2D eigenvalue weighted by atomic mass is 9.89. The van der Waals surface area contributed by atoms with Gasteiger partial charge in [0, 0.05) is 25.7 Å². The molecule has 4 heteroatoms. The van der Waals surface area contributed by atoms with Gasteiger partial charge in [0.25, 0.3) is 0 Å². The van der Waals surface area contributed by atoms with Crippen molar-refractivity contribution in [3.05, 3.63) is 0 Å². The molecule has 2 atom stereocenters. The summed E-state index contributed by atoms with van der Waals surface area (Å²) in [5, 5.41) is 0. The molecule has 0 aromatic heterocycles. The maximum Gasteiger partial charge on any atom is 0.236 e. The van der Waals surface area contributed by atoms with E-state index in [1.165, 1.54) is 12.8 Å². The van der Waals surface area contributed by atoms with Crippen LogP contribution in [0.5, 0.6) is 0 Å². The van der Waals surface area contributed by atoms with Crippen LogP contribution in [-0.2, 0) is 4.79 Å². The molecule has 4 nitrogen and oxygen atoms in total. The van der Waals surface area contributed by atoms with Crippen LogP contribution in [0, 0.1) is 11.8 Å². The van der Waals surface area contributed by atoms with Crippen molar-refractivity contribution in [3.63, 3.8) is 0 Å². The smallest absolute Gasteiger partial charge is 0.236 e. The average Bonchev–Trinajstić information content (AvgIpc) is 2.48. The molecule has 2 N–H and O–H groups in total. The van der Waals surface area contributed by atoms with Crippen LogP contribution in [0.25, 0.3) is 0 Å². The molecule has 1 amide bonds. The fraction of sp³-hybridized carbons (Fsp3) is 0.938. The third kappa shape index (κ3) is 3.95. The molecule has 20 heavy (non-hydrogen) atoms. The van der Waals surface area contributed by atoms with Gasteiger partial charge in [-0.1, -0.05) is 20.3 Å². The van der Waals surface area contributed by atoms with Crippen molar-refractivity contribution in [2.75, 3.05) is 32.7 Å². The minimum Gasteiger partial charge on any atom is -0.342 e. The summed E-state index contributed by atoms with van der Waals surface area (Å²) >= 11 is 0. The number of nitrogens with zero attached hydrogens (tertiary/aromatic N) is 2. The van der Waals surface area contributed by atoms with Crippen molar-refractivity contribution < 1.29 is 4.79 Å². The van der Waals surface area contributed by atoms with Gasteiger partial charge in [-0.05, 0) is 44.1 Å². The second-order valence-corrected chi connectivity index (χ2v) is 6.72. The van der Waals surface area contributed by atoms with E-state index in [9.17, 15) is 4.79 Å². The summed E-state index contributed by atoms with van der Waals surface area (Å²) < 4.78 is 0. The molecule has 116 valence electrons. The van der Waals surface area contributed by atoms with Gasteiger partial charge >= 0.3 is 0 Å². The normalized spacial score (nSPS) is 29.6. The summed E-state index contributed by atoms with van der Waals surface area (Å²) in [6.07, 6.45) is 5.94. The van der Waals surface area contributed by atoms with Gasteiger partial charge in [0.05, 0.1) is 6.54 Å². The van der Waals surface area contributed by atoms with E-state index in [-0.39, 0.29) is 0 Å². The van der Waals surface area contributed by atoms with Crippen LogP contribution in [0.2, 0.25) is 0 Å². The Morgan fingerprint density at radius 2 is 1.90 bits per heavy atom. The highest BCUT2D eigenvalue weighted by molar-refractivity contribution is 5.78. The van der Waals surface area contributed by atoms with Gasteiger partial charge in [0.2, 0.25) is 5.91 Å². The third-order valence-corrected chi connectivity index (χ3v) is 5.27. The lowest BCUT2D eigenvalue weighted by molar-refractivity contribution is -0.134. The van der Waals surface area contributed by atoms with Gasteiger partial charge in [-0.25, -0.2) is 0 Å². The van der Waals surface area contributed by atoms with E-state index in [0.717, 1.165) is 50.7 Å². The summed E-state index contributed by atoms with van der Waals surface area (Å²) in [4.78, 5) is 16.8. The molecule has 2 saturated heterocycles. The Bertz CT molecular complexity index is 313. The Kier molecular flexibility index (Phi) is 5.85. The van der Waals surface area contributed by atoms with Gasteiger partial charge in [-0.15, -0.1) is 0 Å². The molecule has 0 aromatic carbocycles. The monoisotopic (exact) mass is 281 g/mol. The van der Waals surface area contributed by atoms with Crippen molar-refractivity contribution in [1.82, 2.24) is 9.80 Å². The van der Waals surface area contributed by atoms with Crippen LogP contribution in [0.4, 0.5) is 0 Å². The summed E-state index contributed by atoms with van der Waals surface area (Å²) in [7, 11) is 0. The number of carbonyl (C=O) groups excluding carboxylic acids is 1. The summed E-state index contributed by atoms with van der Waals surface area (Å²) in [5.74, 6) is 1.88. The summed E-state index contributed by atoms with van der Waals surface area (Å²) in [5.41, 5.74) is 5.92. The van der Waals surface area contributed by atoms with Gasteiger partial charge < -0.3 is 10.6 Å². The first kappa shape index (κ1) is 15.8. The van der Waals surface area contributed by atoms with Gasteiger partial charge in [-0.3, -0.25) is 9.69 Å². The maximum absolute atomic E-state index is 12.4. The lowest BCUT2D eigenvalue weighted by Crippen LogP contribution is -2.51. The Labute approximate surface area is 123 Å². The van der Waals surface area contributed by atoms with E-state index in [0.29, 0.717) is 25.0 Å². The largest absolute Gasteiger partial charge is 0.342 e. The van der Waals surface area contributed by atoms with E-state index in [4.69, 9.17) is 5.73 Å².